The third-order valence-electron chi connectivity index (χ3n) is 1.97. The maximum Gasteiger partial charge on any atom is 0.0602 e. The van der Waals surface area contributed by atoms with E-state index in [0.717, 1.165) is 12.8 Å². The van der Waals surface area contributed by atoms with Crippen molar-refractivity contribution >= 4 is 15.9 Å². The quantitative estimate of drug-likeness (QED) is 0.658. The largest absolute Gasteiger partial charge is 0.373 e. The molecule has 0 spiro atoms. The van der Waals surface area contributed by atoms with Crippen molar-refractivity contribution in [3.8, 4) is 0 Å². The third-order valence-corrected chi connectivity index (χ3v) is 2.29. The van der Waals surface area contributed by atoms with Crippen LogP contribution in [0, 0.1) is 5.92 Å². The summed E-state index contributed by atoms with van der Waals surface area (Å²) in [4.78, 5) is 0. The minimum atomic E-state index is -0.0438. The molecule has 0 bridgehead atoms. The highest BCUT2D eigenvalue weighted by Crippen LogP contribution is 2.29. The van der Waals surface area contributed by atoms with Crippen LogP contribution >= 0.6 is 15.9 Å². The molecule has 1 nitrogen and oxygen atoms in total. The molecule has 0 saturated heterocycles. The fourth-order valence-electron chi connectivity index (χ4n) is 1.74. The van der Waals surface area contributed by atoms with Gasteiger partial charge >= 0.3 is 0 Å². The van der Waals surface area contributed by atoms with Crippen molar-refractivity contribution in [2.24, 2.45) is 5.92 Å². The second-order valence-corrected chi connectivity index (χ2v) is 8.55. The molecular weight excluding hydrogens is 252 g/mol. The molecule has 0 aromatic heterocycles. The fraction of sp³-hybridized carbons (Fsp3) is 1.00. The summed E-state index contributed by atoms with van der Waals surface area (Å²) >= 11 is 3.70. The van der Waals surface area contributed by atoms with Gasteiger partial charge in [-0.2, -0.15) is 0 Å². The Hall–Kier alpha value is 0.440. The van der Waals surface area contributed by atoms with Crippen LogP contribution in [-0.4, -0.2) is 16.0 Å². The van der Waals surface area contributed by atoms with Gasteiger partial charge in [0.1, 0.15) is 0 Å². The molecule has 0 aliphatic rings. The third kappa shape index (κ3) is 10.7. The van der Waals surface area contributed by atoms with Gasteiger partial charge in [0, 0.05) is 4.32 Å². The highest BCUT2D eigenvalue weighted by Gasteiger charge is 2.25. The first kappa shape index (κ1) is 15.4. The lowest BCUT2D eigenvalue weighted by atomic mass is 9.97. The van der Waals surface area contributed by atoms with E-state index in [-0.39, 0.29) is 9.93 Å². The number of hydrogen-bond donors (Lipinski definition) is 0. The van der Waals surface area contributed by atoms with E-state index in [2.05, 4.69) is 64.4 Å². The summed E-state index contributed by atoms with van der Waals surface area (Å²) in [6, 6.07) is 0. The van der Waals surface area contributed by atoms with Crippen molar-refractivity contribution in [2.75, 3.05) is 0 Å². The van der Waals surface area contributed by atoms with Gasteiger partial charge in [-0.15, -0.1) is 0 Å². The zero-order valence-corrected chi connectivity index (χ0v) is 12.9. The molecule has 0 N–H and O–H groups in total. The van der Waals surface area contributed by atoms with Crippen LogP contribution in [0.3, 0.4) is 0 Å². The van der Waals surface area contributed by atoms with Crippen molar-refractivity contribution in [2.45, 2.75) is 77.3 Å². The van der Waals surface area contributed by atoms with Crippen LogP contribution in [0.15, 0.2) is 0 Å². The number of rotatable bonds is 5. The zero-order valence-electron chi connectivity index (χ0n) is 11.4. The molecule has 0 aliphatic heterocycles. The van der Waals surface area contributed by atoms with Gasteiger partial charge in [0.05, 0.1) is 11.7 Å². The lowest BCUT2D eigenvalue weighted by Crippen LogP contribution is -2.32. The Balaban J connectivity index is 4.32. The van der Waals surface area contributed by atoms with Crippen LogP contribution < -0.4 is 0 Å². The van der Waals surface area contributed by atoms with Gasteiger partial charge in [0.2, 0.25) is 0 Å². The Morgan fingerprint density at radius 3 is 1.80 bits per heavy atom. The second-order valence-electron chi connectivity index (χ2n) is 6.40. The van der Waals surface area contributed by atoms with E-state index < -0.39 is 0 Å². The molecule has 2 heteroatoms. The Bertz CT molecular complexity index is 158. The van der Waals surface area contributed by atoms with E-state index in [9.17, 15) is 0 Å². The molecule has 0 amide bonds. The maximum atomic E-state index is 6.09. The second kappa shape index (κ2) is 5.67. The number of halogens is 1. The number of hydrogen-bond acceptors (Lipinski definition) is 1. The summed E-state index contributed by atoms with van der Waals surface area (Å²) in [6.07, 6.45) is 2.54. The molecule has 0 saturated carbocycles. The summed E-state index contributed by atoms with van der Waals surface area (Å²) in [5, 5.41) is 0. The van der Waals surface area contributed by atoms with Gasteiger partial charge in [-0.25, -0.2) is 0 Å². The highest BCUT2D eigenvalue weighted by atomic mass is 79.9. The molecule has 0 radical (unpaired) electrons. The van der Waals surface area contributed by atoms with Crippen molar-refractivity contribution in [1.82, 2.24) is 0 Å². The maximum absolute atomic E-state index is 6.09. The number of ether oxygens (including phenoxy) is 1. The van der Waals surface area contributed by atoms with Gasteiger partial charge in [-0.3, -0.25) is 0 Å². The first-order valence-corrected chi connectivity index (χ1v) is 6.65. The predicted octanol–water partition coefficient (Wildman–Crippen LogP) is 4.78. The molecule has 0 aromatic rings. The lowest BCUT2D eigenvalue weighted by Gasteiger charge is -2.32. The molecule has 0 fully saturated rings. The first-order valence-electron chi connectivity index (χ1n) is 5.86. The minimum absolute atomic E-state index is 0.0438. The molecule has 1 atom stereocenters. The summed E-state index contributed by atoms with van der Waals surface area (Å²) in [5.41, 5.74) is -0.0438. The summed E-state index contributed by atoms with van der Waals surface area (Å²) < 4.78 is 6.26. The average molecular weight is 279 g/mol. The van der Waals surface area contributed by atoms with Gasteiger partial charge in [-0.1, -0.05) is 29.8 Å². The van der Waals surface area contributed by atoms with Crippen LogP contribution in [0.5, 0.6) is 0 Å². The topological polar surface area (TPSA) is 9.23 Å². The van der Waals surface area contributed by atoms with Crippen molar-refractivity contribution in [1.29, 1.82) is 0 Å². The first-order chi connectivity index (χ1) is 6.49. The standard InChI is InChI=1S/C13H27BrO/c1-10(2)8-11(9-13(6,7)14)15-12(3,4)5/h10-11H,8-9H2,1-7H3. The van der Waals surface area contributed by atoms with Gasteiger partial charge in [0.15, 0.2) is 0 Å². The number of alkyl halides is 1. The monoisotopic (exact) mass is 278 g/mol. The molecule has 0 rings (SSSR count). The van der Waals surface area contributed by atoms with E-state index >= 15 is 0 Å². The summed E-state index contributed by atoms with van der Waals surface area (Å²) in [7, 11) is 0. The zero-order chi connectivity index (χ0) is 12.3. The van der Waals surface area contributed by atoms with E-state index in [1.165, 1.54) is 0 Å². The van der Waals surface area contributed by atoms with Crippen LogP contribution in [0.4, 0.5) is 0 Å². The Kier molecular flexibility index (Phi) is 5.84. The molecule has 1 unspecified atom stereocenters. The Morgan fingerprint density at radius 1 is 1.07 bits per heavy atom. The van der Waals surface area contributed by atoms with E-state index in [4.69, 9.17) is 4.74 Å². The predicted molar refractivity (Wildman–Crippen MR) is 71.7 cm³/mol. The van der Waals surface area contributed by atoms with Crippen molar-refractivity contribution in [3.63, 3.8) is 0 Å². The molecular formula is C13H27BrO. The Labute approximate surface area is 104 Å². The van der Waals surface area contributed by atoms with Crippen LogP contribution in [0.25, 0.3) is 0 Å². The molecule has 92 valence electrons. The average Bonchev–Trinajstić information content (AvgIpc) is 1.73. The SMILES string of the molecule is CC(C)CC(CC(C)(C)Br)OC(C)(C)C. The molecule has 15 heavy (non-hydrogen) atoms. The van der Waals surface area contributed by atoms with Crippen molar-refractivity contribution in [3.05, 3.63) is 0 Å². The smallest absolute Gasteiger partial charge is 0.0602 e. The van der Waals surface area contributed by atoms with Crippen LogP contribution in [0.2, 0.25) is 0 Å². The molecule has 0 aromatic carbocycles. The minimum Gasteiger partial charge on any atom is -0.373 e. The van der Waals surface area contributed by atoms with Gasteiger partial charge in [-0.05, 0) is 53.4 Å². The molecule has 0 heterocycles. The van der Waals surface area contributed by atoms with Crippen LogP contribution in [0.1, 0.15) is 61.3 Å². The van der Waals surface area contributed by atoms with Crippen molar-refractivity contribution < 1.29 is 4.74 Å². The van der Waals surface area contributed by atoms with E-state index in [1.807, 2.05) is 0 Å². The lowest BCUT2D eigenvalue weighted by molar-refractivity contribution is -0.0727. The normalized spacial score (nSPS) is 15.8. The summed E-state index contributed by atoms with van der Waals surface area (Å²) in [5.74, 6) is 0.687. The van der Waals surface area contributed by atoms with E-state index in [0.29, 0.717) is 12.0 Å². The van der Waals surface area contributed by atoms with E-state index in [1.54, 1.807) is 0 Å². The van der Waals surface area contributed by atoms with Gasteiger partial charge < -0.3 is 4.74 Å². The highest BCUT2D eigenvalue weighted by molar-refractivity contribution is 9.10. The van der Waals surface area contributed by atoms with Gasteiger partial charge in [0.25, 0.3) is 0 Å². The Morgan fingerprint density at radius 2 is 1.53 bits per heavy atom. The fourth-order valence-corrected chi connectivity index (χ4v) is 2.10. The summed E-state index contributed by atoms with van der Waals surface area (Å²) in [6.45, 7) is 15.3. The molecule has 0 aliphatic carbocycles. The van der Waals surface area contributed by atoms with Crippen LogP contribution in [-0.2, 0) is 4.74 Å².